The molecule has 1 fully saturated rings. The van der Waals surface area contributed by atoms with Gasteiger partial charge >= 0.3 is 12.1 Å². The molecule has 1 aliphatic heterocycles. The third-order valence-corrected chi connectivity index (χ3v) is 7.60. The molecule has 1 heterocycles. The molecule has 0 spiro atoms. The van der Waals surface area contributed by atoms with Crippen LogP contribution in [-0.2, 0) is 57.8 Å². The molecule has 0 bridgehead atoms. The summed E-state index contributed by atoms with van der Waals surface area (Å²) < 4.78 is 42.2. The molecule has 11 heteroatoms. The summed E-state index contributed by atoms with van der Waals surface area (Å²) in [7, 11) is 1.23. The van der Waals surface area contributed by atoms with Crippen LogP contribution in [0.5, 0.6) is 0 Å². The van der Waals surface area contributed by atoms with Crippen LogP contribution in [0.2, 0.25) is 0 Å². The lowest BCUT2D eigenvalue weighted by Gasteiger charge is -2.45. The highest BCUT2D eigenvalue weighted by Crippen LogP contribution is 2.29. The largest absolute Gasteiger partial charge is 0.467 e. The Morgan fingerprint density at radius 3 is 1.81 bits per heavy atom. The monoisotopic (exact) mass is 664 g/mol. The maximum atomic E-state index is 12.8. The van der Waals surface area contributed by atoms with Crippen molar-refractivity contribution < 1.29 is 42.7 Å². The van der Waals surface area contributed by atoms with Crippen molar-refractivity contribution >= 4 is 12.1 Å². The van der Waals surface area contributed by atoms with E-state index < -0.39 is 60.5 Å². The topological polar surface area (TPSA) is 137 Å². The fourth-order valence-electron chi connectivity index (χ4n) is 5.21. The number of ether oxygens (including phenoxy) is 7. The fraction of sp³-hybridized carbons (Fsp3) is 0.459. The Morgan fingerprint density at radius 2 is 1.31 bits per heavy atom. The van der Waals surface area contributed by atoms with Gasteiger partial charge in [0, 0.05) is 0 Å². The number of amides is 1. The number of carbonyl (C=O) groups is 2. The quantitative estimate of drug-likeness (QED) is 0.216. The van der Waals surface area contributed by atoms with Crippen LogP contribution < -0.4 is 11.1 Å². The van der Waals surface area contributed by atoms with Gasteiger partial charge in [0.05, 0.1) is 45.7 Å². The number of carbonyl (C=O) groups excluding carboxylic acids is 2. The smallest absolute Gasteiger partial charge is 0.408 e. The van der Waals surface area contributed by atoms with Gasteiger partial charge in [0.1, 0.15) is 23.9 Å². The van der Waals surface area contributed by atoms with Crippen molar-refractivity contribution in [2.45, 2.75) is 95.9 Å². The van der Waals surface area contributed by atoms with Gasteiger partial charge < -0.3 is 44.2 Å². The van der Waals surface area contributed by atoms with Gasteiger partial charge in [-0.1, -0.05) is 91.0 Å². The van der Waals surface area contributed by atoms with Crippen molar-refractivity contribution in [3.8, 4) is 0 Å². The van der Waals surface area contributed by atoms with Crippen LogP contribution in [0.25, 0.3) is 0 Å². The van der Waals surface area contributed by atoms with Crippen molar-refractivity contribution in [1.82, 2.24) is 5.32 Å². The maximum Gasteiger partial charge on any atom is 0.408 e. The molecule has 1 amide bonds. The second-order valence-corrected chi connectivity index (χ2v) is 12.6. The number of rotatable bonds is 15. The first-order valence-electron chi connectivity index (χ1n) is 16.1. The standard InChI is InChI=1S/C37H48N2O9/c1-25(31(34(40)42-5)39-36(41)48-37(2,3)4)46-35-30(38)33(45-23-28-19-13-8-14-20-28)32(44-22-27-17-11-7-12-18-27)29(47-35)24-43-21-26-15-9-6-10-16-26/h6-20,25,29-33,35H,21-24,38H2,1-5H3,(H,39,41)/t25-,29+,30+,31-,32+,33+,35+/m0/s1. The molecule has 0 aliphatic carbocycles. The summed E-state index contributed by atoms with van der Waals surface area (Å²) in [6, 6.07) is 27.2. The van der Waals surface area contributed by atoms with E-state index in [0.29, 0.717) is 6.61 Å². The third-order valence-electron chi connectivity index (χ3n) is 7.60. The van der Waals surface area contributed by atoms with Gasteiger partial charge in [-0.3, -0.25) is 0 Å². The number of esters is 1. The van der Waals surface area contributed by atoms with Crippen molar-refractivity contribution in [3.63, 3.8) is 0 Å². The van der Waals surface area contributed by atoms with Crippen LogP contribution in [0.4, 0.5) is 4.79 Å². The highest BCUT2D eigenvalue weighted by atomic mass is 16.7. The molecule has 260 valence electrons. The minimum atomic E-state index is -1.22. The van der Waals surface area contributed by atoms with Gasteiger partial charge in [-0.25, -0.2) is 9.59 Å². The number of nitrogens with one attached hydrogen (secondary N) is 1. The van der Waals surface area contributed by atoms with Gasteiger partial charge in [-0.2, -0.15) is 0 Å². The molecule has 3 aromatic rings. The normalized spacial score (nSPS) is 22.3. The van der Waals surface area contributed by atoms with E-state index in [0.717, 1.165) is 16.7 Å². The van der Waals surface area contributed by atoms with E-state index in [1.807, 2.05) is 91.0 Å². The lowest BCUT2D eigenvalue weighted by Crippen LogP contribution is -2.65. The Hall–Kier alpha value is -3.84. The Labute approximate surface area is 282 Å². The van der Waals surface area contributed by atoms with Crippen molar-refractivity contribution in [3.05, 3.63) is 108 Å². The molecule has 48 heavy (non-hydrogen) atoms. The number of nitrogens with two attached hydrogens (primary N) is 1. The van der Waals surface area contributed by atoms with Gasteiger partial charge in [0.25, 0.3) is 0 Å². The average Bonchev–Trinajstić information content (AvgIpc) is 3.07. The predicted molar refractivity (Wildman–Crippen MR) is 178 cm³/mol. The molecule has 0 saturated carbocycles. The highest BCUT2D eigenvalue weighted by Gasteiger charge is 2.48. The zero-order chi connectivity index (χ0) is 34.5. The summed E-state index contributed by atoms with van der Waals surface area (Å²) in [5.41, 5.74) is 8.98. The van der Waals surface area contributed by atoms with Gasteiger partial charge in [0.2, 0.25) is 0 Å². The SMILES string of the molecule is COC(=O)[C@@H](NC(=O)OC(C)(C)C)[C@H](C)O[C@@H]1O[C@H](COCc2ccccc2)[C@@H](OCc2ccccc2)[C@H](OCc2ccccc2)[C@H]1N. The van der Waals surface area contributed by atoms with Gasteiger partial charge in [-0.15, -0.1) is 0 Å². The molecule has 0 radical (unpaired) electrons. The van der Waals surface area contributed by atoms with E-state index in [-0.39, 0.29) is 19.8 Å². The second-order valence-electron chi connectivity index (χ2n) is 12.6. The van der Waals surface area contributed by atoms with Crippen LogP contribution in [0.3, 0.4) is 0 Å². The van der Waals surface area contributed by atoms with Crippen LogP contribution in [-0.4, -0.2) is 74.2 Å². The summed E-state index contributed by atoms with van der Waals surface area (Å²) in [5.74, 6) is -0.721. The van der Waals surface area contributed by atoms with Crippen molar-refractivity contribution in [2.24, 2.45) is 5.73 Å². The van der Waals surface area contributed by atoms with E-state index in [1.165, 1.54) is 7.11 Å². The van der Waals surface area contributed by atoms with Crippen molar-refractivity contribution in [2.75, 3.05) is 13.7 Å². The number of benzene rings is 3. The Morgan fingerprint density at radius 1 is 0.812 bits per heavy atom. The predicted octanol–water partition coefficient (Wildman–Crippen LogP) is 4.90. The Balaban J connectivity index is 1.58. The van der Waals surface area contributed by atoms with E-state index in [4.69, 9.17) is 38.9 Å². The summed E-state index contributed by atoms with van der Waals surface area (Å²) in [5, 5.41) is 2.56. The van der Waals surface area contributed by atoms with Crippen LogP contribution in [0, 0.1) is 0 Å². The molecule has 1 aliphatic rings. The summed E-state index contributed by atoms with van der Waals surface area (Å²) >= 11 is 0. The number of alkyl carbamates (subject to hydrolysis) is 1. The zero-order valence-electron chi connectivity index (χ0n) is 28.3. The zero-order valence-corrected chi connectivity index (χ0v) is 28.3. The fourth-order valence-corrected chi connectivity index (χ4v) is 5.21. The maximum absolute atomic E-state index is 12.8. The van der Waals surface area contributed by atoms with Crippen LogP contribution >= 0.6 is 0 Å². The number of hydrogen-bond donors (Lipinski definition) is 2. The molecule has 1 saturated heterocycles. The van der Waals surface area contributed by atoms with Crippen LogP contribution in [0.15, 0.2) is 91.0 Å². The molecule has 11 nitrogen and oxygen atoms in total. The Bertz CT molecular complexity index is 1390. The first kappa shape index (κ1) is 37.0. The number of hydrogen-bond acceptors (Lipinski definition) is 10. The second kappa shape index (κ2) is 18.1. The number of methoxy groups -OCH3 is 1. The highest BCUT2D eigenvalue weighted by molar-refractivity contribution is 5.82. The molecule has 4 rings (SSSR count). The molecule has 3 aromatic carbocycles. The molecular weight excluding hydrogens is 616 g/mol. The summed E-state index contributed by atoms with van der Waals surface area (Å²) in [6.45, 7) is 7.81. The van der Waals surface area contributed by atoms with E-state index >= 15 is 0 Å². The first-order chi connectivity index (χ1) is 23.0. The van der Waals surface area contributed by atoms with Gasteiger partial charge in [-0.05, 0) is 44.4 Å². The lowest BCUT2D eigenvalue weighted by molar-refractivity contribution is -0.296. The minimum absolute atomic E-state index is 0.136. The Kier molecular flexibility index (Phi) is 13.9. The third kappa shape index (κ3) is 11.4. The lowest BCUT2D eigenvalue weighted by atomic mass is 9.96. The molecule has 3 N–H and O–H groups in total. The summed E-state index contributed by atoms with van der Waals surface area (Å²) in [6.07, 6.45) is -4.84. The van der Waals surface area contributed by atoms with E-state index in [9.17, 15) is 9.59 Å². The van der Waals surface area contributed by atoms with E-state index in [1.54, 1.807) is 27.7 Å². The van der Waals surface area contributed by atoms with E-state index in [2.05, 4.69) is 5.32 Å². The minimum Gasteiger partial charge on any atom is -0.467 e. The average molecular weight is 665 g/mol. The van der Waals surface area contributed by atoms with Crippen LogP contribution in [0.1, 0.15) is 44.4 Å². The molecule has 0 aromatic heterocycles. The van der Waals surface area contributed by atoms with Gasteiger partial charge in [0.15, 0.2) is 12.3 Å². The molecular formula is C37H48N2O9. The summed E-state index contributed by atoms with van der Waals surface area (Å²) in [4.78, 5) is 25.4. The molecule has 0 unspecified atom stereocenters. The first-order valence-corrected chi connectivity index (χ1v) is 16.1. The van der Waals surface area contributed by atoms with Crippen molar-refractivity contribution in [1.29, 1.82) is 0 Å². The molecule has 7 atom stereocenters.